The van der Waals surface area contributed by atoms with Crippen LogP contribution in [0, 0.1) is 0 Å². The minimum absolute atomic E-state index is 0.00165. The van der Waals surface area contributed by atoms with Crippen LogP contribution in [0.1, 0.15) is 46.1 Å². The second kappa shape index (κ2) is 12.0. The summed E-state index contributed by atoms with van der Waals surface area (Å²) < 4.78 is 0. The summed E-state index contributed by atoms with van der Waals surface area (Å²) in [4.78, 5) is 1.29. The normalized spacial score (nSPS) is 20.6. The molecule has 0 amide bonds. The molecule has 7 aromatic carbocycles. The third-order valence-corrected chi connectivity index (χ3v) is 10.6. The molecule has 3 atom stereocenters. The molecule has 0 spiro atoms. The van der Waals surface area contributed by atoms with Crippen LogP contribution in [0.15, 0.2) is 163 Å². The second-order valence-electron chi connectivity index (χ2n) is 12.3. The van der Waals surface area contributed by atoms with Crippen LogP contribution in [0.2, 0.25) is 0 Å². The molecule has 0 bridgehead atoms. The third-order valence-electron chi connectivity index (χ3n) is 9.40. The van der Waals surface area contributed by atoms with Crippen LogP contribution < -0.4 is 21.3 Å². The minimum Gasteiger partial charge on any atom is -0.368 e. The lowest BCUT2D eigenvalue weighted by Crippen LogP contribution is -2.54. The maximum Gasteiger partial charge on any atom is 0.103 e. The molecule has 7 aromatic rings. The van der Waals surface area contributed by atoms with Gasteiger partial charge in [-0.1, -0.05) is 151 Å². The number of thioether (sulfide) groups is 1. The van der Waals surface area contributed by atoms with Crippen LogP contribution in [0.5, 0.6) is 0 Å². The van der Waals surface area contributed by atoms with Gasteiger partial charge in [0.1, 0.15) is 5.37 Å². The Hall–Kier alpha value is -4.91. The van der Waals surface area contributed by atoms with Crippen molar-refractivity contribution >= 4 is 39.0 Å². The highest BCUT2D eigenvalue weighted by molar-refractivity contribution is 8.00. The Balaban J connectivity index is 1.06. The zero-order chi connectivity index (χ0) is 31.2. The van der Waals surface area contributed by atoms with Gasteiger partial charge in [0.05, 0.1) is 24.2 Å². The summed E-state index contributed by atoms with van der Waals surface area (Å²) in [5.41, 5.74) is 8.65. The molecule has 0 radical (unpaired) electrons. The molecule has 9 rings (SSSR count). The monoisotopic (exact) mass is 626 g/mol. The quantitative estimate of drug-likeness (QED) is 0.143. The van der Waals surface area contributed by atoms with Crippen molar-refractivity contribution in [3.05, 3.63) is 180 Å². The van der Waals surface area contributed by atoms with Crippen molar-refractivity contribution in [2.45, 2.75) is 28.8 Å². The molecule has 228 valence electrons. The van der Waals surface area contributed by atoms with Crippen LogP contribution in [0.25, 0.3) is 32.7 Å². The Morgan fingerprint density at radius 2 is 1.00 bits per heavy atom. The van der Waals surface area contributed by atoms with Crippen molar-refractivity contribution in [1.29, 1.82) is 0 Å². The summed E-state index contributed by atoms with van der Waals surface area (Å²) in [6.07, 6.45) is -0.0354. The summed E-state index contributed by atoms with van der Waals surface area (Å²) in [7, 11) is 0. The van der Waals surface area contributed by atoms with Crippen molar-refractivity contribution in [3.63, 3.8) is 0 Å². The summed E-state index contributed by atoms with van der Waals surface area (Å²) in [6.45, 7) is 0. The molecule has 0 aromatic heterocycles. The van der Waals surface area contributed by atoms with Crippen LogP contribution in [-0.4, -0.2) is 0 Å². The first-order valence-corrected chi connectivity index (χ1v) is 17.1. The van der Waals surface area contributed by atoms with Crippen molar-refractivity contribution in [1.82, 2.24) is 16.0 Å². The Labute approximate surface area is 279 Å². The van der Waals surface area contributed by atoms with Gasteiger partial charge in [-0.2, -0.15) is 0 Å². The van der Waals surface area contributed by atoms with Gasteiger partial charge < -0.3 is 5.32 Å². The highest BCUT2D eigenvalue weighted by atomic mass is 32.2. The van der Waals surface area contributed by atoms with Crippen LogP contribution in [0.4, 0.5) is 5.69 Å². The summed E-state index contributed by atoms with van der Waals surface area (Å²) in [5.74, 6) is 0. The van der Waals surface area contributed by atoms with Gasteiger partial charge in [-0.05, 0) is 67.7 Å². The van der Waals surface area contributed by atoms with Crippen molar-refractivity contribution in [2.75, 3.05) is 5.32 Å². The second-order valence-corrected chi connectivity index (χ2v) is 13.5. The van der Waals surface area contributed by atoms with E-state index >= 15 is 0 Å². The number of hydrogen-bond acceptors (Lipinski definition) is 5. The van der Waals surface area contributed by atoms with E-state index in [1.54, 1.807) is 0 Å². The fourth-order valence-corrected chi connectivity index (χ4v) is 8.18. The van der Waals surface area contributed by atoms with Gasteiger partial charge in [0, 0.05) is 10.3 Å². The Morgan fingerprint density at radius 1 is 0.426 bits per heavy atom. The number of fused-ring (bicyclic) bond motifs is 5. The Kier molecular flexibility index (Phi) is 7.25. The van der Waals surface area contributed by atoms with Crippen molar-refractivity contribution < 1.29 is 0 Å². The van der Waals surface area contributed by atoms with Gasteiger partial charge in [0.25, 0.3) is 0 Å². The van der Waals surface area contributed by atoms with E-state index in [0.717, 1.165) is 0 Å². The molecule has 2 aliphatic heterocycles. The standard InChI is InChI=1S/C42H34N4S/c1-4-11-27(12-5-1)31-17-10-18-34(25-31)42-43-38-36(47-42)24-22-28-19-20-32-26-33(21-23-35(32)37(28)38)41-45-39(29-13-6-2-7-14-29)44-40(46-41)30-15-8-3-9-16-30/h1-26,39-46H. The van der Waals surface area contributed by atoms with E-state index in [1.165, 1.54) is 65.5 Å². The molecule has 0 aliphatic carbocycles. The van der Waals surface area contributed by atoms with E-state index in [9.17, 15) is 0 Å². The van der Waals surface area contributed by atoms with E-state index in [-0.39, 0.29) is 23.9 Å². The largest absolute Gasteiger partial charge is 0.368 e. The number of anilines is 1. The van der Waals surface area contributed by atoms with Gasteiger partial charge in [-0.25, -0.2) is 0 Å². The predicted molar refractivity (Wildman–Crippen MR) is 196 cm³/mol. The molecule has 1 fully saturated rings. The van der Waals surface area contributed by atoms with Crippen molar-refractivity contribution in [2.24, 2.45) is 0 Å². The number of nitrogens with one attached hydrogen (secondary N) is 4. The van der Waals surface area contributed by atoms with Crippen LogP contribution >= 0.6 is 11.8 Å². The lowest BCUT2D eigenvalue weighted by Gasteiger charge is -2.39. The average Bonchev–Trinajstić information content (AvgIpc) is 3.60. The van der Waals surface area contributed by atoms with Gasteiger partial charge in [-0.3, -0.25) is 16.0 Å². The third kappa shape index (κ3) is 5.37. The fourth-order valence-electron chi connectivity index (χ4n) is 7.04. The first-order valence-electron chi connectivity index (χ1n) is 16.2. The Bertz CT molecular complexity index is 2160. The highest BCUT2D eigenvalue weighted by Gasteiger charge is 2.30. The number of hydrogen-bond donors (Lipinski definition) is 4. The van der Waals surface area contributed by atoms with E-state index in [4.69, 9.17) is 0 Å². The molecule has 5 heteroatoms. The van der Waals surface area contributed by atoms with E-state index < -0.39 is 0 Å². The molecule has 47 heavy (non-hydrogen) atoms. The fraction of sp³-hybridized carbons (Fsp3) is 0.0952. The van der Waals surface area contributed by atoms with Gasteiger partial charge >= 0.3 is 0 Å². The average molecular weight is 627 g/mol. The Morgan fingerprint density at radius 3 is 1.70 bits per heavy atom. The summed E-state index contributed by atoms with van der Waals surface area (Å²) in [6, 6.07) is 56.8. The van der Waals surface area contributed by atoms with E-state index in [0.29, 0.717) is 0 Å². The number of rotatable bonds is 5. The molecule has 1 saturated heterocycles. The summed E-state index contributed by atoms with van der Waals surface area (Å²) in [5, 5.41) is 20.6. The van der Waals surface area contributed by atoms with Crippen molar-refractivity contribution in [3.8, 4) is 11.1 Å². The van der Waals surface area contributed by atoms with Crippen LogP contribution in [0.3, 0.4) is 0 Å². The van der Waals surface area contributed by atoms with E-state index in [1.807, 2.05) is 11.8 Å². The highest BCUT2D eigenvalue weighted by Crippen LogP contribution is 2.51. The summed E-state index contributed by atoms with van der Waals surface area (Å²) >= 11 is 1.90. The lowest BCUT2D eigenvalue weighted by molar-refractivity contribution is 0.203. The maximum absolute atomic E-state index is 3.92. The zero-order valence-corrected chi connectivity index (χ0v) is 26.5. The molecule has 2 aliphatic rings. The smallest absolute Gasteiger partial charge is 0.103 e. The lowest BCUT2D eigenvalue weighted by atomic mass is 9.97. The van der Waals surface area contributed by atoms with Gasteiger partial charge in [-0.15, -0.1) is 0 Å². The molecular weight excluding hydrogens is 593 g/mol. The van der Waals surface area contributed by atoms with Crippen LogP contribution in [-0.2, 0) is 0 Å². The topological polar surface area (TPSA) is 48.1 Å². The maximum atomic E-state index is 3.92. The minimum atomic E-state index is -0.0387. The van der Waals surface area contributed by atoms with Gasteiger partial charge in [0.2, 0.25) is 0 Å². The molecule has 4 nitrogen and oxygen atoms in total. The first kappa shape index (κ1) is 28.3. The first-order chi connectivity index (χ1) is 23.3. The molecule has 4 N–H and O–H groups in total. The van der Waals surface area contributed by atoms with Gasteiger partial charge in [0.15, 0.2) is 0 Å². The molecule has 0 saturated carbocycles. The molecule has 3 unspecified atom stereocenters. The van der Waals surface area contributed by atoms with E-state index in [2.05, 4.69) is 179 Å². The number of benzene rings is 7. The predicted octanol–water partition coefficient (Wildman–Crippen LogP) is 10.1. The zero-order valence-electron chi connectivity index (χ0n) is 25.7. The molecular formula is C42H34N4S. The SMILES string of the molecule is c1ccc(-c2cccc(C3Nc4c(ccc5ccc6cc(C7NC(c8ccccc8)NC(c8ccccc8)N7)ccc6c45)S3)c2)cc1. The molecule has 2 heterocycles.